The average Bonchev–Trinajstić information content (AvgIpc) is 2.23. The number of ether oxygens (including phenoxy) is 1. The van der Waals surface area contributed by atoms with Gasteiger partial charge in [0.25, 0.3) is 0 Å². The topological polar surface area (TPSA) is 67.2 Å². The van der Waals surface area contributed by atoms with E-state index in [1.54, 1.807) is 18.2 Å². The molecular formula is C10H5NO3. The van der Waals surface area contributed by atoms with E-state index in [9.17, 15) is 9.59 Å². The molecule has 1 unspecified atom stereocenters. The molecule has 1 aromatic rings. The Hall–Kier alpha value is -2.15. The Morgan fingerprint density at radius 2 is 1.86 bits per heavy atom. The van der Waals surface area contributed by atoms with Crippen LogP contribution >= 0.6 is 0 Å². The van der Waals surface area contributed by atoms with E-state index < -0.39 is 17.9 Å². The van der Waals surface area contributed by atoms with Crippen LogP contribution in [0, 0.1) is 11.3 Å². The molecule has 68 valence electrons. The van der Waals surface area contributed by atoms with Crippen molar-refractivity contribution in [2.24, 2.45) is 0 Å². The summed E-state index contributed by atoms with van der Waals surface area (Å²) in [6, 6.07) is 7.93. The number of nitrogens with zero attached hydrogens (tertiary/aromatic N) is 1. The highest BCUT2D eigenvalue weighted by Gasteiger charge is 2.33. The number of carbonyl (C=O) groups is 2. The molecule has 1 aliphatic rings. The highest BCUT2D eigenvalue weighted by atomic mass is 16.5. The molecule has 0 bridgehead atoms. The van der Waals surface area contributed by atoms with E-state index >= 15 is 0 Å². The molecule has 0 spiro atoms. The number of fused-ring (bicyclic) bond motifs is 1. The maximum Gasteiger partial charge on any atom is 0.340 e. The van der Waals surface area contributed by atoms with E-state index in [0.29, 0.717) is 0 Å². The maximum absolute atomic E-state index is 11.5. The monoisotopic (exact) mass is 187 g/mol. The molecule has 0 aromatic heterocycles. The summed E-state index contributed by atoms with van der Waals surface area (Å²) in [6.07, 6.45) is -1.29. The van der Waals surface area contributed by atoms with Crippen molar-refractivity contribution in [2.75, 3.05) is 0 Å². The van der Waals surface area contributed by atoms with Gasteiger partial charge in [-0.05, 0) is 6.07 Å². The van der Waals surface area contributed by atoms with Gasteiger partial charge in [0.2, 0.25) is 11.9 Å². The first-order valence-corrected chi connectivity index (χ1v) is 3.98. The third kappa shape index (κ3) is 1.07. The van der Waals surface area contributed by atoms with Crippen molar-refractivity contribution >= 4 is 11.8 Å². The van der Waals surface area contributed by atoms with E-state index in [1.165, 1.54) is 12.1 Å². The Labute approximate surface area is 79.7 Å². The summed E-state index contributed by atoms with van der Waals surface area (Å²) in [5, 5.41) is 8.56. The first-order chi connectivity index (χ1) is 6.74. The highest BCUT2D eigenvalue weighted by molar-refractivity contribution is 6.13. The number of cyclic esters (lactones) is 1. The molecular weight excluding hydrogens is 182 g/mol. The highest BCUT2D eigenvalue weighted by Crippen LogP contribution is 2.19. The van der Waals surface area contributed by atoms with E-state index in [1.807, 2.05) is 0 Å². The largest absolute Gasteiger partial charge is 0.435 e. The van der Waals surface area contributed by atoms with E-state index in [2.05, 4.69) is 4.74 Å². The third-order valence-electron chi connectivity index (χ3n) is 1.99. The minimum Gasteiger partial charge on any atom is -0.435 e. The number of hydrogen-bond donors (Lipinski definition) is 0. The summed E-state index contributed by atoms with van der Waals surface area (Å²) in [6.45, 7) is 0. The number of hydrogen-bond acceptors (Lipinski definition) is 4. The fourth-order valence-corrected chi connectivity index (χ4v) is 1.33. The molecule has 0 fully saturated rings. The second kappa shape index (κ2) is 2.96. The number of nitriles is 1. The number of benzene rings is 1. The van der Waals surface area contributed by atoms with Crippen LogP contribution < -0.4 is 0 Å². The number of Topliss-reactive ketones (excluding diaryl/α,β-unsaturated/α-hetero) is 1. The van der Waals surface area contributed by atoms with Crippen molar-refractivity contribution in [1.29, 1.82) is 5.26 Å². The van der Waals surface area contributed by atoms with Crippen molar-refractivity contribution < 1.29 is 14.3 Å². The zero-order chi connectivity index (χ0) is 10.1. The zero-order valence-electron chi connectivity index (χ0n) is 7.06. The first kappa shape index (κ1) is 8.45. The Kier molecular flexibility index (Phi) is 1.79. The summed E-state index contributed by atoms with van der Waals surface area (Å²) in [4.78, 5) is 22.8. The summed E-state index contributed by atoms with van der Waals surface area (Å²) in [7, 11) is 0. The number of rotatable bonds is 0. The molecule has 1 heterocycles. The second-order valence-corrected chi connectivity index (χ2v) is 2.82. The molecule has 0 N–H and O–H groups in total. The van der Waals surface area contributed by atoms with Crippen LogP contribution in [0.2, 0.25) is 0 Å². The van der Waals surface area contributed by atoms with Gasteiger partial charge < -0.3 is 4.74 Å². The van der Waals surface area contributed by atoms with Gasteiger partial charge in [0.15, 0.2) is 0 Å². The van der Waals surface area contributed by atoms with Crippen molar-refractivity contribution in [3.05, 3.63) is 35.4 Å². The van der Waals surface area contributed by atoms with Crippen LogP contribution in [0.5, 0.6) is 0 Å². The Balaban J connectivity index is 2.58. The van der Waals surface area contributed by atoms with Gasteiger partial charge in [-0.15, -0.1) is 0 Å². The maximum atomic E-state index is 11.5. The summed E-state index contributed by atoms with van der Waals surface area (Å²) >= 11 is 0. The van der Waals surface area contributed by atoms with Crippen molar-refractivity contribution in [3.63, 3.8) is 0 Å². The lowest BCUT2D eigenvalue weighted by atomic mass is 9.98. The van der Waals surface area contributed by atoms with Gasteiger partial charge in [0.1, 0.15) is 6.07 Å². The van der Waals surface area contributed by atoms with Crippen molar-refractivity contribution in [2.45, 2.75) is 6.10 Å². The third-order valence-corrected chi connectivity index (χ3v) is 1.99. The Bertz CT molecular complexity index is 459. The van der Waals surface area contributed by atoms with Crippen molar-refractivity contribution in [1.82, 2.24) is 0 Å². The molecule has 0 saturated heterocycles. The van der Waals surface area contributed by atoms with E-state index in [-0.39, 0.29) is 11.1 Å². The smallest absolute Gasteiger partial charge is 0.340 e. The lowest BCUT2D eigenvalue weighted by molar-refractivity contribution is 0.0342. The molecule has 0 amide bonds. The minimum absolute atomic E-state index is 0.226. The van der Waals surface area contributed by atoms with Crippen LogP contribution in [0.15, 0.2) is 24.3 Å². The Morgan fingerprint density at radius 3 is 2.50 bits per heavy atom. The molecule has 0 radical (unpaired) electrons. The summed E-state index contributed by atoms with van der Waals surface area (Å²) in [5.74, 6) is -1.07. The average molecular weight is 187 g/mol. The summed E-state index contributed by atoms with van der Waals surface area (Å²) in [5.41, 5.74) is 0.485. The molecule has 1 aliphatic heterocycles. The predicted molar refractivity (Wildman–Crippen MR) is 45.6 cm³/mol. The molecule has 2 rings (SSSR count). The van der Waals surface area contributed by atoms with Gasteiger partial charge in [-0.25, -0.2) is 4.79 Å². The van der Waals surface area contributed by atoms with Crippen LogP contribution in [0.4, 0.5) is 0 Å². The molecule has 1 aromatic carbocycles. The summed E-state index contributed by atoms with van der Waals surface area (Å²) < 4.78 is 4.62. The quantitative estimate of drug-likeness (QED) is 0.566. The fourth-order valence-electron chi connectivity index (χ4n) is 1.33. The van der Waals surface area contributed by atoms with Gasteiger partial charge in [-0.2, -0.15) is 5.26 Å². The van der Waals surface area contributed by atoms with E-state index in [4.69, 9.17) is 5.26 Å². The first-order valence-electron chi connectivity index (χ1n) is 3.98. The fraction of sp³-hybridized carbons (Fsp3) is 0.100. The van der Waals surface area contributed by atoms with Crippen LogP contribution in [-0.4, -0.2) is 17.9 Å². The van der Waals surface area contributed by atoms with Gasteiger partial charge in [0.05, 0.1) is 5.56 Å². The van der Waals surface area contributed by atoms with Crippen LogP contribution in [-0.2, 0) is 4.74 Å². The standard InChI is InChI=1S/C10H5NO3/c11-5-8-9(12)6-3-1-2-4-7(6)10(13)14-8/h1-4,8H. The van der Waals surface area contributed by atoms with Crippen LogP contribution in [0.1, 0.15) is 20.7 Å². The molecule has 4 nitrogen and oxygen atoms in total. The number of ketones is 1. The lowest BCUT2D eigenvalue weighted by Crippen LogP contribution is -2.32. The molecule has 4 heteroatoms. The Morgan fingerprint density at radius 1 is 1.21 bits per heavy atom. The van der Waals surface area contributed by atoms with Gasteiger partial charge in [0, 0.05) is 5.56 Å². The predicted octanol–water partition coefficient (Wildman–Crippen LogP) is 0.932. The van der Waals surface area contributed by atoms with Crippen molar-refractivity contribution in [3.8, 4) is 6.07 Å². The molecule has 0 saturated carbocycles. The zero-order valence-corrected chi connectivity index (χ0v) is 7.06. The minimum atomic E-state index is -1.29. The van der Waals surface area contributed by atoms with Crippen LogP contribution in [0.25, 0.3) is 0 Å². The molecule has 1 atom stereocenters. The van der Waals surface area contributed by atoms with Gasteiger partial charge in [-0.1, -0.05) is 18.2 Å². The molecule has 0 aliphatic carbocycles. The van der Waals surface area contributed by atoms with Gasteiger partial charge in [-0.3, -0.25) is 4.79 Å². The normalized spacial score (nSPS) is 19.5. The second-order valence-electron chi connectivity index (χ2n) is 2.82. The number of carbonyl (C=O) groups excluding carboxylic acids is 2. The van der Waals surface area contributed by atoms with Crippen LogP contribution in [0.3, 0.4) is 0 Å². The van der Waals surface area contributed by atoms with E-state index in [0.717, 1.165) is 0 Å². The SMILES string of the molecule is N#CC1OC(=O)c2ccccc2C1=O. The molecule has 14 heavy (non-hydrogen) atoms. The lowest BCUT2D eigenvalue weighted by Gasteiger charge is -2.17. The van der Waals surface area contributed by atoms with Gasteiger partial charge >= 0.3 is 5.97 Å². The number of esters is 1.